The van der Waals surface area contributed by atoms with E-state index < -0.39 is 12.0 Å². The van der Waals surface area contributed by atoms with Crippen molar-refractivity contribution in [2.24, 2.45) is 0 Å². The summed E-state index contributed by atoms with van der Waals surface area (Å²) in [4.78, 5) is 40.0. The summed E-state index contributed by atoms with van der Waals surface area (Å²) in [6.45, 7) is 2.00. The second-order valence-electron chi connectivity index (χ2n) is 4.28. The largest absolute Gasteiger partial charge is 0.461 e. The number of imide groups is 1. The number of anilines is 1. The Labute approximate surface area is 119 Å². The minimum Gasteiger partial charge on any atom is -0.461 e. The summed E-state index contributed by atoms with van der Waals surface area (Å²) >= 11 is 1.22. The van der Waals surface area contributed by atoms with E-state index in [0.29, 0.717) is 18.0 Å². The third kappa shape index (κ3) is 2.96. The highest BCUT2D eigenvalue weighted by Gasteiger charge is 2.32. The van der Waals surface area contributed by atoms with Gasteiger partial charge in [0, 0.05) is 18.8 Å². The van der Waals surface area contributed by atoms with Crippen molar-refractivity contribution < 1.29 is 19.1 Å². The molecule has 0 radical (unpaired) electrons. The van der Waals surface area contributed by atoms with E-state index in [2.05, 4.69) is 10.3 Å². The lowest BCUT2D eigenvalue weighted by Gasteiger charge is -2.27. The fourth-order valence-corrected chi connectivity index (χ4v) is 2.57. The molecule has 1 aliphatic heterocycles. The quantitative estimate of drug-likeness (QED) is 0.655. The van der Waals surface area contributed by atoms with Crippen LogP contribution in [-0.2, 0) is 14.3 Å². The van der Waals surface area contributed by atoms with Gasteiger partial charge in [0.1, 0.15) is 6.04 Å². The van der Waals surface area contributed by atoms with Crippen LogP contribution in [-0.4, -0.2) is 47.4 Å². The molecule has 8 heteroatoms. The molecule has 1 aliphatic rings. The molecule has 0 spiro atoms. The maximum absolute atomic E-state index is 11.9. The number of amides is 2. The van der Waals surface area contributed by atoms with Gasteiger partial charge in [0.15, 0.2) is 10.8 Å². The Bertz CT molecular complexity index is 543. The van der Waals surface area contributed by atoms with Crippen LogP contribution in [0.3, 0.4) is 0 Å². The first-order valence-electron chi connectivity index (χ1n) is 6.22. The molecule has 2 amide bonds. The van der Waals surface area contributed by atoms with Crippen LogP contribution in [0.15, 0.2) is 5.38 Å². The molecule has 1 N–H and O–H groups in total. The molecule has 1 unspecified atom stereocenters. The smallest absolute Gasteiger partial charge is 0.357 e. The van der Waals surface area contributed by atoms with E-state index in [0.717, 1.165) is 4.90 Å². The topological polar surface area (TPSA) is 88.6 Å². The molecule has 1 fully saturated rings. The second-order valence-corrected chi connectivity index (χ2v) is 5.14. The fraction of sp³-hybridized carbons (Fsp3) is 0.500. The summed E-state index contributed by atoms with van der Waals surface area (Å²) < 4.78 is 4.84. The lowest BCUT2D eigenvalue weighted by molar-refractivity contribution is -0.146. The summed E-state index contributed by atoms with van der Waals surface area (Å²) in [6.07, 6.45) is 0.742. The van der Waals surface area contributed by atoms with E-state index in [9.17, 15) is 14.4 Å². The van der Waals surface area contributed by atoms with E-state index in [-0.39, 0.29) is 24.1 Å². The van der Waals surface area contributed by atoms with Crippen molar-refractivity contribution in [3.63, 3.8) is 0 Å². The molecule has 20 heavy (non-hydrogen) atoms. The summed E-state index contributed by atoms with van der Waals surface area (Å²) in [5.41, 5.74) is 0.215. The van der Waals surface area contributed by atoms with E-state index >= 15 is 0 Å². The number of piperidine rings is 1. The molecule has 1 aromatic rings. The molecule has 1 saturated heterocycles. The number of aromatic nitrogens is 1. The molecule has 2 heterocycles. The van der Waals surface area contributed by atoms with Gasteiger partial charge in [-0.05, 0) is 13.3 Å². The zero-order chi connectivity index (χ0) is 14.7. The molecule has 2 rings (SSSR count). The van der Waals surface area contributed by atoms with Crippen LogP contribution in [0.25, 0.3) is 0 Å². The maximum Gasteiger partial charge on any atom is 0.357 e. The number of carbonyl (C=O) groups excluding carboxylic acids is 3. The van der Waals surface area contributed by atoms with Crippen molar-refractivity contribution in [3.05, 3.63) is 11.1 Å². The lowest BCUT2D eigenvalue weighted by atomic mass is 10.1. The van der Waals surface area contributed by atoms with Crippen LogP contribution in [0.4, 0.5) is 5.13 Å². The number of thiazole rings is 1. The Morgan fingerprint density at radius 3 is 3.05 bits per heavy atom. The highest BCUT2D eigenvalue weighted by Crippen LogP contribution is 2.21. The van der Waals surface area contributed by atoms with Crippen LogP contribution in [0.2, 0.25) is 0 Å². The minimum atomic E-state index is -0.487. The van der Waals surface area contributed by atoms with E-state index in [1.807, 2.05) is 0 Å². The monoisotopic (exact) mass is 297 g/mol. The summed E-state index contributed by atoms with van der Waals surface area (Å²) in [6, 6.07) is -0.487. The number of likely N-dealkylation sites (tertiary alicyclic amines) is 1. The van der Waals surface area contributed by atoms with Crippen molar-refractivity contribution >= 4 is 34.3 Å². The number of esters is 1. The van der Waals surface area contributed by atoms with Gasteiger partial charge < -0.3 is 10.1 Å². The summed E-state index contributed by atoms with van der Waals surface area (Å²) in [5, 5.41) is 4.99. The highest BCUT2D eigenvalue weighted by molar-refractivity contribution is 7.13. The number of likely N-dealkylation sites (N-methyl/N-ethyl adjacent to an activating group) is 1. The third-order valence-corrected chi connectivity index (χ3v) is 3.71. The SMILES string of the molecule is CCOC(=O)c1csc(NC2CCC(=O)N(C)C2=O)n1. The van der Waals surface area contributed by atoms with Crippen molar-refractivity contribution in [3.8, 4) is 0 Å². The Hall–Kier alpha value is -1.96. The number of hydrogen-bond acceptors (Lipinski definition) is 7. The van der Waals surface area contributed by atoms with Gasteiger partial charge in [-0.3, -0.25) is 14.5 Å². The number of nitrogens with one attached hydrogen (secondary N) is 1. The molecule has 7 nitrogen and oxygen atoms in total. The van der Waals surface area contributed by atoms with Gasteiger partial charge in [0.2, 0.25) is 5.91 Å². The molecule has 0 aromatic carbocycles. The Morgan fingerprint density at radius 1 is 1.60 bits per heavy atom. The van der Waals surface area contributed by atoms with Crippen LogP contribution in [0, 0.1) is 0 Å². The molecular formula is C12H15N3O4S. The molecule has 108 valence electrons. The van der Waals surface area contributed by atoms with E-state index in [4.69, 9.17) is 4.74 Å². The van der Waals surface area contributed by atoms with Crippen LogP contribution < -0.4 is 5.32 Å². The predicted molar refractivity (Wildman–Crippen MR) is 72.5 cm³/mol. The molecule has 1 aromatic heterocycles. The van der Waals surface area contributed by atoms with Gasteiger partial charge >= 0.3 is 5.97 Å². The highest BCUT2D eigenvalue weighted by atomic mass is 32.1. The van der Waals surface area contributed by atoms with Crippen LogP contribution in [0.5, 0.6) is 0 Å². The van der Waals surface area contributed by atoms with Gasteiger partial charge in [-0.1, -0.05) is 0 Å². The first-order chi connectivity index (χ1) is 9.52. The van der Waals surface area contributed by atoms with Crippen LogP contribution in [0.1, 0.15) is 30.3 Å². The van der Waals surface area contributed by atoms with Gasteiger partial charge in [-0.25, -0.2) is 9.78 Å². The van der Waals surface area contributed by atoms with Crippen LogP contribution >= 0.6 is 11.3 Å². The van der Waals surface area contributed by atoms with Gasteiger partial charge in [0.05, 0.1) is 6.61 Å². The number of hydrogen-bond donors (Lipinski definition) is 1. The van der Waals surface area contributed by atoms with E-state index in [1.54, 1.807) is 12.3 Å². The van der Waals surface area contributed by atoms with Crippen molar-refractivity contribution in [1.29, 1.82) is 0 Å². The zero-order valence-electron chi connectivity index (χ0n) is 11.2. The standard InChI is InChI=1S/C12H15N3O4S/c1-3-19-11(18)8-6-20-12(14-8)13-7-4-5-9(16)15(2)10(7)17/h6-7H,3-5H2,1-2H3,(H,13,14). The number of ether oxygens (including phenoxy) is 1. The maximum atomic E-state index is 11.9. The number of nitrogens with zero attached hydrogens (tertiary/aromatic N) is 2. The Kier molecular flexibility index (Phi) is 4.33. The van der Waals surface area contributed by atoms with Crippen molar-refractivity contribution in [2.45, 2.75) is 25.8 Å². The molecular weight excluding hydrogens is 282 g/mol. The molecule has 1 atom stereocenters. The fourth-order valence-electron chi connectivity index (χ4n) is 1.84. The minimum absolute atomic E-state index is 0.181. The first kappa shape index (κ1) is 14.4. The average molecular weight is 297 g/mol. The molecule has 0 aliphatic carbocycles. The van der Waals surface area contributed by atoms with Gasteiger partial charge in [-0.15, -0.1) is 11.3 Å². The average Bonchev–Trinajstić information content (AvgIpc) is 2.88. The molecule has 0 bridgehead atoms. The number of rotatable bonds is 4. The van der Waals surface area contributed by atoms with Gasteiger partial charge in [-0.2, -0.15) is 0 Å². The lowest BCUT2D eigenvalue weighted by Crippen LogP contribution is -2.48. The number of carbonyl (C=O) groups is 3. The first-order valence-corrected chi connectivity index (χ1v) is 7.10. The predicted octanol–water partition coefficient (Wildman–Crippen LogP) is 0.879. The van der Waals surface area contributed by atoms with E-state index in [1.165, 1.54) is 18.4 Å². The summed E-state index contributed by atoms with van der Waals surface area (Å²) in [7, 11) is 1.46. The van der Waals surface area contributed by atoms with Crippen molar-refractivity contribution in [2.75, 3.05) is 19.0 Å². The normalized spacial score (nSPS) is 19.1. The third-order valence-electron chi connectivity index (χ3n) is 2.94. The summed E-state index contributed by atoms with van der Waals surface area (Å²) in [5.74, 6) is -0.951. The Balaban J connectivity index is 2.02. The van der Waals surface area contributed by atoms with Gasteiger partial charge in [0.25, 0.3) is 5.91 Å². The molecule has 0 saturated carbocycles. The second kappa shape index (κ2) is 6.00. The van der Waals surface area contributed by atoms with Crippen molar-refractivity contribution in [1.82, 2.24) is 9.88 Å². The zero-order valence-corrected chi connectivity index (χ0v) is 12.0. The Morgan fingerprint density at radius 2 is 2.35 bits per heavy atom.